The zero-order valence-corrected chi connectivity index (χ0v) is 17.9. The van der Waals surface area contributed by atoms with E-state index in [2.05, 4.69) is 4.40 Å². The summed E-state index contributed by atoms with van der Waals surface area (Å²) >= 11 is 0. The quantitative estimate of drug-likeness (QED) is 0.627. The van der Waals surface area contributed by atoms with Gasteiger partial charge >= 0.3 is 15.5 Å². The molecule has 8 heteroatoms. The van der Waals surface area contributed by atoms with E-state index in [0.717, 1.165) is 16.7 Å². The molecule has 30 heavy (non-hydrogen) atoms. The molecule has 0 saturated carbocycles. The predicted octanol–water partition coefficient (Wildman–Crippen LogP) is 5.48. The Morgan fingerprint density at radius 2 is 1.50 bits per heavy atom. The molecule has 2 aromatic carbocycles. The molecular formula is C22H23F3N2O2S. The van der Waals surface area contributed by atoms with E-state index >= 15 is 0 Å². The van der Waals surface area contributed by atoms with Gasteiger partial charge in [-0.05, 0) is 22.6 Å². The topological polar surface area (TPSA) is 49.7 Å². The number of alkyl halides is 3. The Kier molecular flexibility index (Phi) is 5.58. The molecule has 1 atom stereocenters. The highest BCUT2D eigenvalue weighted by atomic mass is 32.2. The molecule has 0 aromatic heterocycles. The van der Waals surface area contributed by atoms with Crippen molar-refractivity contribution in [2.45, 2.75) is 26.3 Å². The fraction of sp³-hybridized carbons (Fsp3) is 0.318. The standard InChI is InChI=1S/C22H23F3N2O2S/c1-21(2,3)18-14-17(15-10-6-5-7-11-15)16-12-8-9-13-19(16)27(4)20(18)26-30(28,29)22(23,24)25/h5-14,18H,1-4H3/b26-20+. The van der Waals surface area contributed by atoms with Gasteiger partial charge < -0.3 is 4.90 Å². The first-order valence-corrected chi connectivity index (χ1v) is 10.8. The number of halogens is 3. The molecule has 1 unspecified atom stereocenters. The van der Waals surface area contributed by atoms with Gasteiger partial charge in [0.25, 0.3) is 0 Å². The third kappa shape index (κ3) is 4.14. The van der Waals surface area contributed by atoms with E-state index in [1.54, 1.807) is 19.2 Å². The second kappa shape index (κ2) is 7.58. The molecule has 1 heterocycles. The molecule has 0 spiro atoms. The molecule has 2 aromatic rings. The van der Waals surface area contributed by atoms with E-state index in [1.807, 2.05) is 69.3 Å². The molecule has 3 rings (SSSR count). The number of nitrogens with zero attached hydrogens (tertiary/aromatic N) is 2. The van der Waals surface area contributed by atoms with E-state index in [-0.39, 0.29) is 5.84 Å². The molecule has 160 valence electrons. The van der Waals surface area contributed by atoms with Crippen LogP contribution in [0.5, 0.6) is 0 Å². The van der Waals surface area contributed by atoms with Crippen LogP contribution in [-0.4, -0.2) is 26.8 Å². The Bertz CT molecular complexity index is 1100. The summed E-state index contributed by atoms with van der Waals surface area (Å²) in [6.45, 7) is 5.53. The van der Waals surface area contributed by atoms with Crippen molar-refractivity contribution in [2.24, 2.45) is 15.7 Å². The SMILES string of the molecule is CN1/C(=N/S(=O)(=O)C(F)(F)F)C(C(C)(C)C)C=C(c2ccccc2)c2ccccc21. The van der Waals surface area contributed by atoms with Crippen LogP contribution in [-0.2, 0) is 10.0 Å². The normalized spacial score (nSPS) is 19.3. The summed E-state index contributed by atoms with van der Waals surface area (Å²) in [7, 11) is -4.16. The predicted molar refractivity (Wildman–Crippen MR) is 114 cm³/mol. The zero-order chi connectivity index (χ0) is 22.3. The number of para-hydroxylation sites is 1. The van der Waals surface area contributed by atoms with Crippen LogP contribution < -0.4 is 4.90 Å². The maximum Gasteiger partial charge on any atom is 0.518 e. The van der Waals surface area contributed by atoms with Gasteiger partial charge in [-0.25, -0.2) is 0 Å². The Labute approximate surface area is 174 Å². The average Bonchev–Trinajstić information content (AvgIpc) is 2.77. The molecular weight excluding hydrogens is 413 g/mol. The van der Waals surface area contributed by atoms with Gasteiger partial charge in [-0.15, -0.1) is 4.40 Å². The van der Waals surface area contributed by atoms with Crippen molar-refractivity contribution >= 4 is 27.1 Å². The zero-order valence-electron chi connectivity index (χ0n) is 17.1. The summed E-state index contributed by atoms with van der Waals surface area (Å²) in [5.41, 5.74) is -3.01. The highest BCUT2D eigenvalue weighted by Gasteiger charge is 2.47. The van der Waals surface area contributed by atoms with Crippen molar-refractivity contribution in [3.05, 3.63) is 71.8 Å². The van der Waals surface area contributed by atoms with Crippen molar-refractivity contribution in [1.82, 2.24) is 0 Å². The van der Waals surface area contributed by atoms with E-state index in [0.29, 0.717) is 5.69 Å². The third-order valence-corrected chi connectivity index (χ3v) is 6.05. The van der Waals surface area contributed by atoms with Crippen LogP contribution in [0.4, 0.5) is 18.9 Å². The van der Waals surface area contributed by atoms with Gasteiger partial charge in [-0.1, -0.05) is 75.4 Å². The van der Waals surface area contributed by atoms with Crippen LogP contribution in [0.1, 0.15) is 31.9 Å². The van der Waals surface area contributed by atoms with E-state index < -0.39 is 26.9 Å². The van der Waals surface area contributed by atoms with Gasteiger partial charge in [-0.2, -0.15) is 21.6 Å². The second-order valence-electron chi connectivity index (χ2n) is 8.24. The number of benzene rings is 2. The van der Waals surface area contributed by atoms with E-state index in [4.69, 9.17) is 0 Å². The summed E-state index contributed by atoms with van der Waals surface area (Å²) in [4.78, 5) is 1.45. The first-order valence-electron chi connectivity index (χ1n) is 9.34. The number of anilines is 1. The minimum atomic E-state index is -5.71. The molecule has 1 aliphatic heterocycles. The lowest BCUT2D eigenvalue weighted by Crippen LogP contribution is -2.39. The van der Waals surface area contributed by atoms with Crippen LogP contribution in [0.2, 0.25) is 0 Å². The molecule has 0 radical (unpaired) electrons. The lowest BCUT2D eigenvalue weighted by molar-refractivity contribution is -0.0435. The van der Waals surface area contributed by atoms with Crippen LogP contribution in [0.3, 0.4) is 0 Å². The van der Waals surface area contributed by atoms with Crippen LogP contribution in [0.25, 0.3) is 5.57 Å². The smallest absolute Gasteiger partial charge is 0.331 e. The first-order chi connectivity index (χ1) is 13.8. The molecule has 4 nitrogen and oxygen atoms in total. The highest BCUT2D eigenvalue weighted by molar-refractivity contribution is 7.91. The van der Waals surface area contributed by atoms with Gasteiger partial charge in [0.15, 0.2) is 0 Å². The molecule has 0 amide bonds. The molecule has 0 fully saturated rings. The van der Waals surface area contributed by atoms with Crippen molar-refractivity contribution in [2.75, 3.05) is 11.9 Å². The van der Waals surface area contributed by atoms with Gasteiger partial charge in [0.1, 0.15) is 5.84 Å². The summed E-state index contributed by atoms with van der Waals surface area (Å²) < 4.78 is 66.7. The Balaban J connectivity index is 2.37. The Hall–Kier alpha value is -2.61. The minimum absolute atomic E-state index is 0.168. The first kappa shape index (κ1) is 22.1. The minimum Gasteiger partial charge on any atom is -0.331 e. The maximum atomic E-state index is 13.1. The number of hydrogen-bond donors (Lipinski definition) is 0. The van der Waals surface area contributed by atoms with Crippen molar-refractivity contribution in [3.8, 4) is 0 Å². The Morgan fingerprint density at radius 1 is 0.933 bits per heavy atom. The summed E-state index contributed by atoms with van der Waals surface area (Å²) in [6.07, 6.45) is 1.82. The summed E-state index contributed by atoms with van der Waals surface area (Å²) in [5, 5.41) is 0. The Morgan fingerprint density at radius 3 is 2.07 bits per heavy atom. The van der Waals surface area contributed by atoms with Gasteiger partial charge in [0, 0.05) is 24.2 Å². The van der Waals surface area contributed by atoms with E-state index in [9.17, 15) is 21.6 Å². The highest BCUT2D eigenvalue weighted by Crippen LogP contribution is 2.42. The van der Waals surface area contributed by atoms with Crippen molar-refractivity contribution in [1.29, 1.82) is 0 Å². The number of rotatable bonds is 2. The second-order valence-corrected chi connectivity index (χ2v) is 9.83. The average molecular weight is 436 g/mol. The molecule has 0 bridgehead atoms. The van der Waals surface area contributed by atoms with Gasteiger partial charge in [-0.3, -0.25) is 0 Å². The lowest BCUT2D eigenvalue weighted by atomic mass is 9.78. The number of fused-ring (bicyclic) bond motifs is 1. The third-order valence-electron chi connectivity index (χ3n) is 5.03. The molecule has 0 N–H and O–H groups in total. The number of sulfonamides is 1. The van der Waals surface area contributed by atoms with Gasteiger partial charge in [0.2, 0.25) is 0 Å². The van der Waals surface area contributed by atoms with Gasteiger partial charge in [0.05, 0.1) is 0 Å². The largest absolute Gasteiger partial charge is 0.518 e. The summed E-state index contributed by atoms with van der Waals surface area (Å²) in [5.74, 6) is -0.861. The van der Waals surface area contributed by atoms with Crippen LogP contribution in [0, 0.1) is 11.3 Å². The van der Waals surface area contributed by atoms with Crippen LogP contribution in [0.15, 0.2) is 65.1 Å². The van der Waals surface area contributed by atoms with E-state index in [1.165, 1.54) is 4.90 Å². The fourth-order valence-corrected chi connectivity index (χ4v) is 4.04. The molecule has 0 saturated heterocycles. The lowest BCUT2D eigenvalue weighted by Gasteiger charge is -2.33. The number of amidine groups is 1. The van der Waals surface area contributed by atoms with Crippen molar-refractivity contribution in [3.63, 3.8) is 0 Å². The van der Waals surface area contributed by atoms with Crippen molar-refractivity contribution < 1.29 is 21.6 Å². The molecule has 0 aliphatic carbocycles. The fourth-order valence-electron chi connectivity index (χ4n) is 3.46. The summed E-state index contributed by atoms with van der Waals surface area (Å²) in [6, 6.07) is 16.7. The number of hydrogen-bond acceptors (Lipinski definition) is 2. The monoisotopic (exact) mass is 436 g/mol. The van der Waals surface area contributed by atoms with Crippen LogP contribution >= 0.6 is 0 Å². The maximum absolute atomic E-state index is 13.1. The molecule has 1 aliphatic rings.